The second-order valence-electron chi connectivity index (χ2n) is 6.71. The summed E-state index contributed by atoms with van der Waals surface area (Å²) in [5, 5.41) is 5.15. The first kappa shape index (κ1) is 14.9. The quantitative estimate of drug-likeness (QED) is 0.297. The van der Waals surface area contributed by atoms with Gasteiger partial charge in [-0.25, -0.2) is 0 Å². The van der Waals surface area contributed by atoms with Crippen molar-refractivity contribution >= 4 is 21.5 Å². The standard InChI is InChI=1S/C26H18/c1-2-7-19(8-3-1)20-11-6-12-23(15-20)24-13-14-25-16-21-9-4-5-10-22(21)17-26(25)18-24/h1-18H. The van der Waals surface area contributed by atoms with Crippen LogP contribution >= 0.6 is 0 Å². The minimum atomic E-state index is 1.25. The van der Waals surface area contributed by atoms with Gasteiger partial charge in [0.2, 0.25) is 0 Å². The molecule has 0 aliphatic rings. The van der Waals surface area contributed by atoms with Crippen LogP contribution in [0.1, 0.15) is 0 Å². The lowest BCUT2D eigenvalue weighted by atomic mass is 9.96. The van der Waals surface area contributed by atoms with Gasteiger partial charge in [0.15, 0.2) is 0 Å². The zero-order valence-electron chi connectivity index (χ0n) is 14.4. The van der Waals surface area contributed by atoms with Crippen molar-refractivity contribution in [2.45, 2.75) is 0 Å². The zero-order valence-corrected chi connectivity index (χ0v) is 14.4. The lowest BCUT2D eigenvalue weighted by Gasteiger charge is -2.08. The van der Waals surface area contributed by atoms with Crippen molar-refractivity contribution in [3.05, 3.63) is 109 Å². The SMILES string of the molecule is c1ccc(-c2cccc(-c3ccc4cc5ccccc5cc4c3)c2)cc1. The molecule has 0 saturated heterocycles. The lowest BCUT2D eigenvalue weighted by Crippen LogP contribution is -1.82. The van der Waals surface area contributed by atoms with Crippen LogP contribution in [0.4, 0.5) is 0 Å². The predicted octanol–water partition coefficient (Wildman–Crippen LogP) is 7.33. The van der Waals surface area contributed by atoms with Crippen LogP contribution in [0.5, 0.6) is 0 Å². The molecule has 0 bridgehead atoms. The van der Waals surface area contributed by atoms with Crippen molar-refractivity contribution < 1.29 is 0 Å². The average molecular weight is 330 g/mol. The third-order valence-corrected chi connectivity index (χ3v) is 5.01. The Morgan fingerprint density at radius 1 is 0.269 bits per heavy atom. The van der Waals surface area contributed by atoms with Gasteiger partial charge < -0.3 is 0 Å². The largest absolute Gasteiger partial charge is 0.0622 e. The van der Waals surface area contributed by atoms with Crippen LogP contribution < -0.4 is 0 Å². The summed E-state index contributed by atoms with van der Waals surface area (Å²) in [6.45, 7) is 0. The molecule has 0 fully saturated rings. The minimum absolute atomic E-state index is 1.25. The van der Waals surface area contributed by atoms with Gasteiger partial charge in [-0.15, -0.1) is 0 Å². The van der Waals surface area contributed by atoms with E-state index in [-0.39, 0.29) is 0 Å². The monoisotopic (exact) mass is 330 g/mol. The number of fused-ring (bicyclic) bond motifs is 2. The molecule has 0 amide bonds. The van der Waals surface area contributed by atoms with Gasteiger partial charge in [0, 0.05) is 0 Å². The van der Waals surface area contributed by atoms with Crippen molar-refractivity contribution in [3.63, 3.8) is 0 Å². The summed E-state index contributed by atoms with van der Waals surface area (Å²) in [5.41, 5.74) is 5.01. The van der Waals surface area contributed by atoms with Crippen molar-refractivity contribution in [2.75, 3.05) is 0 Å². The maximum atomic E-state index is 2.30. The Balaban J connectivity index is 1.64. The van der Waals surface area contributed by atoms with E-state index < -0.39 is 0 Å². The van der Waals surface area contributed by atoms with E-state index >= 15 is 0 Å². The van der Waals surface area contributed by atoms with E-state index in [1.54, 1.807) is 0 Å². The molecule has 5 aromatic carbocycles. The molecule has 0 spiro atoms. The Labute approximate surface area is 153 Å². The fourth-order valence-corrected chi connectivity index (χ4v) is 3.63. The highest BCUT2D eigenvalue weighted by Gasteiger charge is 2.04. The summed E-state index contributed by atoms with van der Waals surface area (Å²) < 4.78 is 0. The Morgan fingerprint density at radius 2 is 0.808 bits per heavy atom. The van der Waals surface area contributed by atoms with Crippen LogP contribution in [0.25, 0.3) is 43.8 Å². The van der Waals surface area contributed by atoms with Gasteiger partial charge in [-0.05, 0) is 68.1 Å². The van der Waals surface area contributed by atoms with Crippen LogP contribution in [0.15, 0.2) is 109 Å². The van der Waals surface area contributed by atoms with Crippen LogP contribution in [0.2, 0.25) is 0 Å². The highest BCUT2D eigenvalue weighted by atomic mass is 14.1. The lowest BCUT2D eigenvalue weighted by molar-refractivity contribution is 1.60. The Bertz CT molecular complexity index is 1220. The number of rotatable bonds is 2. The summed E-state index contributed by atoms with van der Waals surface area (Å²) >= 11 is 0. The molecule has 0 saturated carbocycles. The molecular formula is C26H18. The van der Waals surface area contributed by atoms with E-state index in [4.69, 9.17) is 0 Å². The fraction of sp³-hybridized carbons (Fsp3) is 0. The Kier molecular flexibility index (Phi) is 3.54. The average Bonchev–Trinajstić information content (AvgIpc) is 2.72. The smallest absolute Gasteiger partial charge is 0.0171 e. The number of hydrogen-bond acceptors (Lipinski definition) is 0. The van der Waals surface area contributed by atoms with Gasteiger partial charge >= 0.3 is 0 Å². The maximum Gasteiger partial charge on any atom is -0.0171 e. The highest BCUT2D eigenvalue weighted by Crippen LogP contribution is 2.30. The molecule has 0 aliphatic heterocycles. The summed E-state index contributed by atoms with van der Waals surface area (Å²) in [4.78, 5) is 0. The molecule has 26 heavy (non-hydrogen) atoms. The second-order valence-corrected chi connectivity index (χ2v) is 6.71. The molecule has 0 aromatic heterocycles. The molecule has 122 valence electrons. The van der Waals surface area contributed by atoms with Crippen LogP contribution in [0.3, 0.4) is 0 Å². The third-order valence-electron chi connectivity index (χ3n) is 5.01. The molecule has 5 aromatic rings. The van der Waals surface area contributed by atoms with Crippen molar-refractivity contribution in [3.8, 4) is 22.3 Å². The first-order valence-corrected chi connectivity index (χ1v) is 8.95. The molecule has 0 unspecified atom stereocenters. The van der Waals surface area contributed by atoms with Crippen molar-refractivity contribution in [2.24, 2.45) is 0 Å². The first-order chi connectivity index (χ1) is 12.9. The van der Waals surface area contributed by atoms with Crippen molar-refractivity contribution in [1.82, 2.24) is 0 Å². The Hall–Kier alpha value is -3.38. The second kappa shape index (κ2) is 6.16. The molecule has 0 heterocycles. The molecule has 0 aliphatic carbocycles. The van der Waals surface area contributed by atoms with E-state index in [1.165, 1.54) is 43.8 Å². The van der Waals surface area contributed by atoms with Gasteiger partial charge in [-0.3, -0.25) is 0 Å². The Morgan fingerprint density at radius 3 is 1.58 bits per heavy atom. The van der Waals surface area contributed by atoms with Gasteiger partial charge in [0.1, 0.15) is 0 Å². The number of hydrogen-bond donors (Lipinski definition) is 0. The minimum Gasteiger partial charge on any atom is -0.0622 e. The van der Waals surface area contributed by atoms with E-state index in [2.05, 4.69) is 109 Å². The number of benzene rings is 5. The summed E-state index contributed by atoms with van der Waals surface area (Å²) in [7, 11) is 0. The van der Waals surface area contributed by atoms with Gasteiger partial charge in [-0.2, -0.15) is 0 Å². The van der Waals surface area contributed by atoms with Crippen molar-refractivity contribution in [1.29, 1.82) is 0 Å². The first-order valence-electron chi connectivity index (χ1n) is 8.95. The molecule has 0 heteroatoms. The van der Waals surface area contributed by atoms with E-state index in [0.717, 1.165) is 0 Å². The van der Waals surface area contributed by atoms with E-state index in [0.29, 0.717) is 0 Å². The third kappa shape index (κ3) is 2.66. The van der Waals surface area contributed by atoms with E-state index in [1.807, 2.05) is 0 Å². The van der Waals surface area contributed by atoms with Gasteiger partial charge in [-0.1, -0.05) is 84.9 Å². The highest BCUT2D eigenvalue weighted by molar-refractivity contribution is 5.99. The molecule has 0 atom stereocenters. The van der Waals surface area contributed by atoms with Crippen LogP contribution in [-0.2, 0) is 0 Å². The van der Waals surface area contributed by atoms with E-state index in [9.17, 15) is 0 Å². The van der Waals surface area contributed by atoms with Gasteiger partial charge in [0.25, 0.3) is 0 Å². The zero-order chi connectivity index (χ0) is 17.3. The fourth-order valence-electron chi connectivity index (χ4n) is 3.63. The molecule has 0 nitrogen and oxygen atoms in total. The van der Waals surface area contributed by atoms with Gasteiger partial charge in [0.05, 0.1) is 0 Å². The molecular weight excluding hydrogens is 312 g/mol. The molecule has 5 rings (SSSR count). The van der Waals surface area contributed by atoms with Crippen LogP contribution in [0, 0.1) is 0 Å². The summed E-state index contributed by atoms with van der Waals surface area (Å²) in [5.74, 6) is 0. The predicted molar refractivity (Wildman–Crippen MR) is 112 cm³/mol. The van der Waals surface area contributed by atoms with Crippen LogP contribution in [-0.4, -0.2) is 0 Å². The normalized spacial score (nSPS) is 11.1. The maximum absolute atomic E-state index is 2.30. The molecule has 0 radical (unpaired) electrons. The molecule has 0 N–H and O–H groups in total. The summed E-state index contributed by atoms with van der Waals surface area (Å²) in [6.07, 6.45) is 0. The summed E-state index contributed by atoms with van der Waals surface area (Å²) in [6, 6.07) is 39.2. The topological polar surface area (TPSA) is 0 Å².